The summed E-state index contributed by atoms with van der Waals surface area (Å²) in [7, 11) is 0. The fraction of sp³-hybridized carbons (Fsp3) is 0.562. The van der Waals surface area contributed by atoms with Gasteiger partial charge in [0.15, 0.2) is 0 Å². The van der Waals surface area contributed by atoms with Gasteiger partial charge in [-0.15, -0.1) is 0 Å². The van der Waals surface area contributed by atoms with E-state index in [2.05, 4.69) is 41.8 Å². The van der Waals surface area contributed by atoms with E-state index in [1.54, 1.807) is 0 Å². The van der Waals surface area contributed by atoms with Crippen LogP contribution in [0.25, 0.3) is 0 Å². The number of carbonyl (C=O) groups excluding carboxylic acids is 1. The minimum absolute atomic E-state index is 0.143. The number of benzene rings is 1. The fourth-order valence-corrected chi connectivity index (χ4v) is 2.27. The molecule has 0 spiro atoms. The third kappa shape index (κ3) is 4.67. The maximum atomic E-state index is 11.4. The lowest BCUT2D eigenvalue weighted by atomic mass is 10.0. The molecule has 0 unspecified atom stereocenters. The van der Waals surface area contributed by atoms with Gasteiger partial charge in [-0.3, -0.25) is 4.79 Å². The van der Waals surface area contributed by atoms with Gasteiger partial charge in [-0.2, -0.15) is 0 Å². The van der Waals surface area contributed by atoms with Crippen molar-refractivity contribution in [2.24, 2.45) is 0 Å². The van der Waals surface area contributed by atoms with Crippen molar-refractivity contribution in [1.82, 2.24) is 10.6 Å². The van der Waals surface area contributed by atoms with Crippen molar-refractivity contribution in [3.05, 3.63) is 35.4 Å². The van der Waals surface area contributed by atoms with E-state index in [1.807, 2.05) is 0 Å². The molecule has 0 atom stereocenters. The first kappa shape index (κ1) is 14.1. The molecular weight excluding hydrogens is 236 g/mol. The molecular formula is C16H24N2O. The van der Waals surface area contributed by atoms with Crippen LogP contribution in [0.1, 0.15) is 49.7 Å². The highest BCUT2D eigenvalue weighted by Crippen LogP contribution is 2.41. The Balaban J connectivity index is 1.69. The molecule has 0 radical (unpaired) electrons. The van der Waals surface area contributed by atoms with Crippen LogP contribution in [0.3, 0.4) is 0 Å². The number of rotatable bonds is 8. The number of hydrogen-bond donors (Lipinski definition) is 2. The Morgan fingerprint density at radius 1 is 1.26 bits per heavy atom. The van der Waals surface area contributed by atoms with Gasteiger partial charge < -0.3 is 10.6 Å². The highest BCUT2D eigenvalue weighted by atomic mass is 16.1. The molecule has 1 amide bonds. The van der Waals surface area contributed by atoms with Crippen molar-refractivity contribution in [1.29, 1.82) is 0 Å². The van der Waals surface area contributed by atoms with E-state index in [0.29, 0.717) is 6.42 Å². The quantitative estimate of drug-likeness (QED) is 0.705. The Bertz CT molecular complexity index is 413. The second-order valence-electron chi connectivity index (χ2n) is 5.25. The van der Waals surface area contributed by atoms with E-state index in [4.69, 9.17) is 0 Å². The first-order valence-corrected chi connectivity index (χ1v) is 7.36. The lowest BCUT2D eigenvalue weighted by molar-refractivity contribution is -0.120. The molecule has 104 valence electrons. The molecule has 0 aliphatic heterocycles. The fourth-order valence-electron chi connectivity index (χ4n) is 2.27. The zero-order valence-electron chi connectivity index (χ0n) is 11.7. The topological polar surface area (TPSA) is 41.1 Å². The molecule has 0 heterocycles. The van der Waals surface area contributed by atoms with Crippen molar-refractivity contribution in [2.45, 2.75) is 45.1 Å². The van der Waals surface area contributed by atoms with E-state index < -0.39 is 0 Å². The predicted octanol–water partition coefficient (Wildman–Crippen LogP) is 2.57. The molecule has 3 heteroatoms. The van der Waals surface area contributed by atoms with Crippen molar-refractivity contribution in [2.75, 3.05) is 13.1 Å². The highest BCUT2D eigenvalue weighted by Gasteiger charge is 2.25. The molecule has 1 aromatic carbocycles. The number of carbonyl (C=O) groups is 1. The molecule has 0 bridgehead atoms. The maximum Gasteiger partial charge on any atom is 0.221 e. The summed E-state index contributed by atoms with van der Waals surface area (Å²) in [6.07, 6.45) is 4.21. The number of amides is 1. The van der Waals surface area contributed by atoms with E-state index >= 15 is 0 Å². The first-order chi connectivity index (χ1) is 9.31. The Labute approximate surface area is 115 Å². The molecule has 2 rings (SSSR count). The second kappa shape index (κ2) is 7.29. The summed E-state index contributed by atoms with van der Waals surface area (Å²) in [6, 6.07) is 8.65. The second-order valence-corrected chi connectivity index (χ2v) is 5.25. The molecule has 2 N–H and O–H groups in total. The number of hydrogen-bond acceptors (Lipinski definition) is 2. The van der Waals surface area contributed by atoms with Gasteiger partial charge in [0.1, 0.15) is 0 Å². The van der Waals surface area contributed by atoms with Crippen LogP contribution in [0, 0.1) is 0 Å². The molecule has 19 heavy (non-hydrogen) atoms. The summed E-state index contributed by atoms with van der Waals surface area (Å²) in [4.78, 5) is 11.4. The Morgan fingerprint density at radius 3 is 2.79 bits per heavy atom. The monoisotopic (exact) mass is 260 g/mol. The first-order valence-electron chi connectivity index (χ1n) is 7.36. The van der Waals surface area contributed by atoms with Gasteiger partial charge in [0, 0.05) is 26.1 Å². The zero-order valence-corrected chi connectivity index (χ0v) is 11.7. The molecule has 1 fully saturated rings. The molecule has 0 saturated heterocycles. The molecule has 1 saturated carbocycles. The van der Waals surface area contributed by atoms with Crippen LogP contribution >= 0.6 is 0 Å². The van der Waals surface area contributed by atoms with Gasteiger partial charge >= 0.3 is 0 Å². The minimum atomic E-state index is 0.143. The lowest BCUT2D eigenvalue weighted by Gasteiger charge is -2.10. The van der Waals surface area contributed by atoms with Crippen LogP contribution in [0.5, 0.6) is 0 Å². The van der Waals surface area contributed by atoms with Crippen molar-refractivity contribution < 1.29 is 4.79 Å². The van der Waals surface area contributed by atoms with Gasteiger partial charge in [0.25, 0.3) is 0 Å². The number of nitrogens with one attached hydrogen (secondary N) is 2. The molecule has 1 aliphatic rings. The normalized spacial score (nSPS) is 14.4. The maximum absolute atomic E-state index is 11.4. The summed E-state index contributed by atoms with van der Waals surface area (Å²) >= 11 is 0. The highest BCUT2D eigenvalue weighted by molar-refractivity contribution is 5.75. The zero-order chi connectivity index (χ0) is 13.5. The average molecular weight is 260 g/mol. The van der Waals surface area contributed by atoms with Gasteiger partial charge in [-0.1, -0.05) is 31.2 Å². The van der Waals surface area contributed by atoms with Gasteiger partial charge in [-0.05, 0) is 36.3 Å². The smallest absolute Gasteiger partial charge is 0.221 e. The Kier molecular flexibility index (Phi) is 5.40. The summed E-state index contributed by atoms with van der Waals surface area (Å²) in [5.74, 6) is 0.927. The molecule has 0 aromatic heterocycles. The van der Waals surface area contributed by atoms with E-state index in [0.717, 1.165) is 32.0 Å². The molecule has 3 nitrogen and oxygen atoms in total. The molecule has 1 aromatic rings. The van der Waals surface area contributed by atoms with Crippen LogP contribution in [0.15, 0.2) is 24.3 Å². The van der Waals surface area contributed by atoms with Gasteiger partial charge in [-0.25, -0.2) is 0 Å². The standard InChI is InChI=1S/C16H24N2O/c1-2-10-18-16(19)9-11-17-12-14-5-3-4-6-15(14)13-7-8-13/h3-6,13,17H,2,7-12H2,1H3,(H,18,19). The SMILES string of the molecule is CCCNC(=O)CCNCc1ccccc1C1CC1. The van der Waals surface area contributed by atoms with Crippen LogP contribution < -0.4 is 10.6 Å². The summed E-state index contributed by atoms with van der Waals surface area (Å²) < 4.78 is 0. The third-order valence-electron chi connectivity index (χ3n) is 3.49. The summed E-state index contributed by atoms with van der Waals surface area (Å²) in [6.45, 7) is 4.46. The van der Waals surface area contributed by atoms with E-state index in [1.165, 1.54) is 24.0 Å². The minimum Gasteiger partial charge on any atom is -0.356 e. The predicted molar refractivity (Wildman–Crippen MR) is 78.0 cm³/mol. The van der Waals surface area contributed by atoms with Crippen molar-refractivity contribution in [3.63, 3.8) is 0 Å². The Hall–Kier alpha value is -1.35. The average Bonchev–Trinajstić information content (AvgIpc) is 3.26. The Morgan fingerprint density at radius 2 is 2.05 bits per heavy atom. The third-order valence-corrected chi connectivity index (χ3v) is 3.49. The van der Waals surface area contributed by atoms with E-state index in [9.17, 15) is 4.79 Å². The van der Waals surface area contributed by atoms with Crippen molar-refractivity contribution in [3.8, 4) is 0 Å². The van der Waals surface area contributed by atoms with Crippen LogP contribution in [0.2, 0.25) is 0 Å². The summed E-state index contributed by atoms with van der Waals surface area (Å²) in [5, 5.41) is 6.26. The van der Waals surface area contributed by atoms with Crippen molar-refractivity contribution >= 4 is 5.91 Å². The van der Waals surface area contributed by atoms with Gasteiger partial charge in [0.05, 0.1) is 0 Å². The van der Waals surface area contributed by atoms with Gasteiger partial charge in [0.2, 0.25) is 5.91 Å². The van der Waals surface area contributed by atoms with Crippen LogP contribution in [-0.2, 0) is 11.3 Å². The van der Waals surface area contributed by atoms with E-state index in [-0.39, 0.29) is 5.91 Å². The largest absolute Gasteiger partial charge is 0.356 e. The van der Waals surface area contributed by atoms with Crippen LogP contribution in [-0.4, -0.2) is 19.0 Å². The lowest BCUT2D eigenvalue weighted by Crippen LogP contribution is -2.28. The molecule has 1 aliphatic carbocycles. The summed E-state index contributed by atoms with van der Waals surface area (Å²) in [5.41, 5.74) is 2.88. The van der Waals surface area contributed by atoms with Crippen LogP contribution in [0.4, 0.5) is 0 Å².